The molecule has 3 fully saturated rings. The van der Waals surface area contributed by atoms with E-state index >= 15 is 0 Å². The first-order valence-electron chi connectivity index (χ1n) is 12.8. The Morgan fingerprint density at radius 2 is 1.90 bits per heavy atom. The quantitative estimate of drug-likeness (QED) is 0.572. The molecule has 31 heavy (non-hydrogen) atoms. The zero-order chi connectivity index (χ0) is 22.3. The lowest BCUT2D eigenvalue weighted by Crippen LogP contribution is -2.51. The summed E-state index contributed by atoms with van der Waals surface area (Å²) in [7, 11) is 0. The molecule has 3 heteroatoms. The minimum absolute atomic E-state index is 0.0190. The summed E-state index contributed by atoms with van der Waals surface area (Å²) in [6, 6.07) is 0. The van der Waals surface area contributed by atoms with E-state index in [2.05, 4.69) is 39.8 Å². The van der Waals surface area contributed by atoms with Gasteiger partial charge in [0.2, 0.25) is 0 Å². The molecule has 0 amide bonds. The average molecular weight is 427 g/mol. The molecule has 4 aliphatic carbocycles. The van der Waals surface area contributed by atoms with Gasteiger partial charge in [-0.2, -0.15) is 0 Å². The summed E-state index contributed by atoms with van der Waals surface area (Å²) in [6.07, 6.45) is 14.1. The zero-order valence-corrected chi connectivity index (χ0v) is 20.4. The Morgan fingerprint density at radius 1 is 1.16 bits per heavy atom. The molecule has 1 heterocycles. The number of hydrogen-bond donors (Lipinski definition) is 1. The molecule has 0 aromatic carbocycles. The van der Waals surface area contributed by atoms with Crippen LogP contribution in [0.25, 0.3) is 0 Å². The lowest BCUT2D eigenvalue weighted by molar-refractivity contribution is -0.116. The van der Waals surface area contributed by atoms with E-state index in [0.717, 1.165) is 18.3 Å². The SMILES string of the molecule is C[C@H](CC[C@H](C)C(C)(C)O)[C@H]1CC[C@H]2[C@@H]3C=CC4=CC(=O)[C@@H]5O[C@@H]5[C@]4(C)[C@H]3CC[C@]12C. The molecule has 1 saturated heterocycles. The zero-order valence-electron chi connectivity index (χ0n) is 20.4. The first kappa shape index (κ1) is 21.9. The molecule has 172 valence electrons. The van der Waals surface area contributed by atoms with Crippen LogP contribution in [0.3, 0.4) is 0 Å². The number of ether oxygens (including phenoxy) is 1. The second kappa shape index (κ2) is 7.03. The van der Waals surface area contributed by atoms with Crippen molar-refractivity contribution in [3.8, 4) is 0 Å². The van der Waals surface area contributed by atoms with Gasteiger partial charge in [-0.25, -0.2) is 0 Å². The van der Waals surface area contributed by atoms with Crippen molar-refractivity contribution in [3.05, 3.63) is 23.8 Å². The maximum Gasteiger partial charge on any atom is 0.187 e. The highest BCUT2D eigenvalue weighted by atomic mass is 16.6. The molecule has 5 rings (SSSR count). The second-order valence-electron chi connectivity index (χ2n) is 12.7. The molecule has 5 aliphatic rings. The molecule has 0 spiro atoms. The van der Waals surface area contributed by atoms with Crippen LogP contribution in [0.1, 0.15) is 80.1 Å². The predicted molar refractivity (Wildman–Crippen MR) is 123 cm³/mol. The van der Waals surface area contributed by atoms with Crippen molar-refractivity contribution in [1.82, 2.24) is 0 Å². The fraction of sp³-hybridized carbons (Fsp3) is 0.821. The van der Waals surface area contributed by atoms with Gasteiger partial charge in [-0.1, -0.05) is 46.3 Å². The molecule has 3 nitrogen and oxygen atoms in total. The summed E-state index contributed by atoms with van der Waals surface area (Å²) >= 11 is 0. The van der Waals surface area contributed by atoms with Crippen molar-refractivity contribution in [2.24, 2.45) is 46.3 Å². The number of fused-ring (bicyclic) bond motifs is 7. The third-order valence-corrected chi connectivity index (χ3v) is 10.9. The Labute approximate surface area is 188 Å². The molecular formula is C28H42O3. The van der Waals surface area contributed by atoms with Crippen molar-refractivity contribution >= 4 is 5.78 Å². The lowest BCUT2D eigenvalue weighted by atomic mass is 9.48. The Kier molecular flexibility index (Phi) is 4.97. The molecule has 0 aromatic rings. The molecule has 0 aromatic heterocycles. The highest BCUT2D eigenvalue weighted by Gasteiger charge is 2.66. The largest absolute Gasteiger partial charge is 0.390 e. The molecule has 10 atom stereocenters. The molecule has 1 N–H and O–H groups in total. The smallest absolute Gasteiger partial charge is 0.187 e. The Morgan fingerprint density at radius 3 is 2.61 bits per heavy atom. The predicted octanol–water partition coefficient (Wildman–Crippen LogP) is 5.72. The molecule has 0 bridgehead atoms. The fourth-order valence-corrected chi connectivity index (χ4v) is 8.41. The number of rotatable bonds is 5. The average Bonchev–Trinajstić information content (AvgIpc) is 3.44. The maximum absolute atomic E-state index is 12.3. The summed E-state index contributed by atoms with van der Waals surface area (Å²) in [5.74, 6) is 3.97. The van der Waals surface area contributed by atoms with Gasteiger partial charge in [0.1, 0.15) is 12.2 Å². The summed E-state index contributed by atoms with van der Waals surface area (Å²) in [5, 5.41) is 10.3. The minimum atomic E-state index is -0.586. The van der Waals surface area contributed by atoms with E-state index in [1.165, 1.54) is 37.7 Å². The van der Waals surface area contributed by atoms with Crippen LogP contribution in [0.4, 0.5) is 0 Å². The number of ketones is 1. The first-order valence-corrected chi connectivity index (χ1v) is 12.8. The van der Waals surface area contributed by atoms with Crippen LogP contribution < -0.4 is 0 Å². The van der Waals surface area contributed by atoms with Gasteiger partial charge in [-0.05, 0) is 98.5 Å². The normalized spacial score (nSPS) is 47.6. The number of carbonyl (C=O) groups is 1. The van der Waals surface area contributed by atoms with Crippen molar-refractivity contribution in [2.75, 3.05) is 0 Å². The van der Waals surface area contributed by atoms with Gasteiger partial charge in [0, 0.05) is 5.41 Å². The summed E-state index contributed by atoms with van der Waals surface area (Å²) in [5.41, 5.74) is 1.07. The van der Waals surface area contributed by atoms with E-state index in [-0.39, 0.29) is 23.4 Å². The van der Waals surface area contributed by atoms with E-state index < -0.39 is 5.60 Å². The van der Waals surface area contributed by atoms with E-state index in [1.54, 1.807) is 0 Å². The Bertz CT molecular complexity index is 819. The van der Waals surface area contributed by atoms with E-state index in [0.29, 0.717) is 29.1 Å². The topological polar surface area (TPSA) is 49.8 Å². The van der Waals surface area contributed by atoms with Crippen LogP contribution in [-0.2, 0) is 9.53 Å². The van der Waals surface area contributed by atoms with E-state index in [9.17, 15) is 9.90 Å². The van der Waals surface area contributed by atoms with Gasteiger partial charge in [-0.3, -0.25) is 4.79 Å². The van der Waals surface area contributed by atoms with Gasteiger partial charge in [0.15, 0.2) is 5.78 Å². The standard InChI is InChI=1S/C28H42O3/c1-16(7-8-17(2)26(3,4)30)20-11-12-21-19-10-9-18-15-23(29)24-25(31-24)28(18,6)22(19)13-14-27(20,21)5/h9-10,15-17,19-22,24-25,30H,7-8,11-14H2,1-6H3/t16-,17+,19+,20-,21+,22+,24+,25+,27-,28+/m1/s1. The van der Waals surface area contributed by atoms with E-state index in [4.69, 9.17) is 4.74 Å². The highest BCUT2D eigenvalue weighted by Crippen LogP contribution is 2.68. The third-order valence-electron chi connectivity index (χ3n) is 10.9. The second-order valence-corrected chi connectivity index (χ2v) is 12.7. The Balaban J connectivity index is 1.35. The lowest BCUT2D eigenvalue weighted by Gasteiger charge is -2.56. The molecule has 0 radical (unpaired) electrons. The summed E-state index contributed by atoms with van der Waals surface area (Å²) < 4.78 is 5.93. The monoisotopic (exact) mass is 426 g/mol. The van der Waals surface area contributed by atoms with Gasteiger partial charge >= 0.3 is 0 Å². The molecule has 0 unspecified atom stereocenters. The molecule has 1 aliphatic heterocycles. The fourth-order valence-electron chi connectivity index (χ4n) is 8.41. The Hall–Kier alpha value is -0.930. The number of aliphatic hydroxyl groups is 1. The molecule has 2 saturated carbocycles. The van der Waals surface area contributed by atoms with Crippen LogP contribution in [0.15, 0.2) is 23.8 Å². The van der Waals surface area contributed by atoms with E-state index in [1.807, 2.05) is 19.9 Å². The number of epoxide rings is 1. The highest BCUT2D eigenvalue weighted by molar-refractivity contribution is 5.98. The van der Waals surface area contributed by atoms with Crippen molar-refractivity contribution < 1.29 is 14.6 Å². The van der Waals surface area contributed by atoms with Crippen LogP contribution >= 0.6 is 0 Å². The minimum Gasteiger partial charge on any atom is -0.390 e. The van der Waals surface area contributed by atoms with Crippen LogP contribution in [0.5, 0.6) is 0 Å². The third kappa shape index (κ3) is 3.16. The van der Waals surface area contributed by atoms with Gasteiger partial charge in [0.05, 0.1) is 5.60 Å². The molecular weight excluding hydrogens is 384 g/mol. The van der Waals surface area contributed by atoms with Gasteiger partial charge in [0.25, 0.3) is 0 Å². The van der Waals surface area contributed by atoms with Crippen LogP contribution in [-0.4, -0.2) is 28.7 Å². The van der Waals surface area contributed by atoms with Crippen molar-refractivity contribution in [2.45, 2.75) is 97.9 Å². The van der Waals surface area contributed by atoms with Gasteiger partial charge < -0.3 is 9.84 Å². The van der Waals surface area contributed by atoms with Crippen molar-refractivity contribution in [3.63, 3.8) is 0 Å². The summed E-state index contributed by atoms with van der Waals surface area (Å²) in [4.78, 5) is 12.3. The first-order chi connectivity index (χ1) is 14.5. The number of hydrogen-bond acceptors (Lipinski definition) is 3. The van der Waals surface area contributed by atoms with Crippen LogP contribution in [0.2, 0.25) is 0 Å². The number of allylic oxidation sites excluding steroid dienone is 2. The van der Waals surface area contributed by atoms with Gasteiger partial charge in [-0.15, -0.1) is 0 Å². The maximum atomic E-state index is 12.3. The van der Waals surface area contributed by atoms with Crippen molar-refractivity contribution in [1.29, 1.82) is 0 Å². The number of carbonyl (C=O) groups excluding carboxylic acids is 1. The van der Waals surface area contributed by atoms with Crippen LogP contribution in [0, 0.1) is 46.3 Å². The summed E-state index contributed by atoms with van der Waals surface area (Å²) in [6.45, 7) is 13.5.